The molecule has 1 aliphatic heterocycles. The molecule has 6 N–H and O–H groups in total. The standard InChI is InChI=1S/C25H40N7O19P3S/c1-25(2,20(37)23(38)28-5-4-14(33)27-6-7-55-16(35)8-15(34)46-3)10-48-54(44,45)51-53(42,43)47-9-13-19(50-52(39,40)41)18(36)24(49-13)32-12-31-17-21(26)29-11-30-22(17)32/h11-13,18-20,24,36-37H,4-10H2,1-3H3,(H,27,33)(H,28,38)(H,42,43)(H,44,45)(H2,26,29,30)(H2,39,40,41)/p-4/t13-,18-,19-,20?,24-/m1/s1. The van der Waals surface area contributed by atoms with Gasteiger partial charge < -0.3 is 73.8 Å². The largest absolute Gasteiger partial charge is 0.790 e. The highest BCUT2D eigenvalue weighted by Gasteiger charge is 2.47. The number of anilines is 1. The maximum Gasteiger partial charge on any atom is 0.313 e. The summed E-state index contributed by atoms with van der Waals surface area (Å²) in [5.74, 6) is -2.22. The molecule has 0 bridgehead atoms. The molecule has 310 valence electrons. The molecular formula is C25H36N7O19P3S-4. The lowest BCUT2D eigenvalue weighted by molar-refractivity contribution is -0.347. The lowest BCUT2D eigenvalue weighted by Gasteiger charge is -2.36. The zero-order valence-corrected chi connectivity index (χ0v) is 32.4. The van der Waals surface area contributed by atoms with Crippen molar-refractivity contribution in [1.82, 2.24) is 30.2 Å². The van der Waals surface area contributed by atoms with Crippen LogP contribution in [0.25, 0.3) is 11.2 Å². The van der Waals surface area contributed by atoms with Crippen molar-refractivity contribution in [2.45, 2.75) is 57.3 Å². The Hall–Kier alpha value is -2.97. The number of phosphoric acid groups is 3. The number of aliphatic hydroxyl groups is 2. The number of nitrogen functional groups attached to an aromatic ring is 1. The summed E-state index contributed by atoms with van der Waals surface area (Å²) < 4.78 is 64.7. The number of phosphoric ester groups is 3. The Kier molecular flexibility index (Phi) is 16.4. The third kappa shape index (κ3) is 14.2. The zero-order chi connectivity index (χ0) is 41.4. The van der Waals surface area contributed by atoms with Gasteiger partial charge in [0.15, 0.2) is 22.8 Å². The first-order chi connectivity index (χ1) is 25.4. The van der Waals surface area contributed by atoms with E-state index in [9.17, 15) is 62.7 Å². The van der Waals surface area contributed by atoms with Gasteiger partial charge in [-0.15, -0.1) is 0 Å². The minimum atomic E-state index is -5.93. The van der Waals surface area contributed by atoms with Crippen molar-refractivity contribution in [2.24, 2.45) is 5.41 Å². The van der Waals surface area contributed by atoms with Crippen molar-refractivity contribution < 1.29 is 90.0 Å². The van der Waals surface area contributed by atoms with Gasteiger partial charge in [0.2, 0.25) is 11.8 Å². The molecule has 2 amide bonds. The molecule has 1 saturated heterocycles. The monoisotopic (exact) mass is 863 g/mol. The van der Waals surface area contributed by atoms with Crippen LogP contribution in [0.5, 0.6) is 0 Å². The number of hydrogen-bond donors (Lipinski definition) is 5. The second kappa shape index (κ2) is 19.5. The van der Waals surface area contributed by atoms with Gasteiger partial charge in [0, 0.05) is 30.7 Å². The van der Waals surface area contributed by atoms with Gasteiger partial charge in [0.25, 0.3) is 15.6 Å². The molecule has 1 fully saturated rings. The van der Waals surface area contributed by atoms with Gasteiger partial charge in [0.1, 0.15) is 42.7 Å². The van der Waals surface area contributed by atoms with Crippen LogP contribution in [0, 0.1) is 5.41 Å². The topological polar surface area (TPSA) is 401 Å². The number of rotatable bonds is 21. The molecule has 55 heavy (non-hydrogen) atoms. The molecule has 30 heteroatoms. The molecule has 0 saturated carbocycles. The Bertz CT molecular complexity index is 1850. The van der Waals surface area contributed by atoms with E-state index in [1.54, 1.807) is 0 Å². The molecule has 2 aromatic rings. The number of esters is 1. The summed E-state index contributed by atoms with van der Waals surface area (Å²) in [6.45, 7) is -0.176. The lowest BCUT2D eigenvalue weighted by atomic mass is 9.87. The average Bonchev–Trinajstić information content (AvgIpc) is 3.64. The Morgan fingerprint density at radius 3 is 2.40 bits per heavy atom. The number of ether oxygens (including phenoxy) is 2. The third-order valence-corrected chi connectivity index (χ3v) is 11.1. The number of methoxy groups -OCH3 is 1. The van der Waals surface area contributed by atoms with Crippen molar-refractivity contribution in [3.63, 3.8) is 0 Å². The van der Waals surface area contributed by atoms with Crippen LogP contribution < -0.4 is 35.9 Å². The maximum absolute atomic E-state index is 12.5. The van der Waals surface area contributed by atoms with E-state index in [1.165, 1.54) is 13.8 Å². The molecule has 7 atom stereocenters. The predicted molar refractivity (Wildman–Crippen MR) is 175 cm³/mol. The molecular weight excluding hydrogens is 827 g/mol. The molecule has 3 rings (SSSR count). The number of carbonyl (C=O) groups excluding carboxylic acids is 4. The van der Waals surface area contributed by atoms with Gasteiger partial charge >= 0.3 is 5.97 Å². The van der Waals surface area contributed by atoms with Crippen molar-refractivity contribution in [3.8, 4) is 0 Å². The highest BCUT2D eigenvalue weighted by molar-refractivity contribution is 8.13. The average molecular weight is 864 g/mol. The van der Waals surface area contributed by atoms with Gasteiger partial charge in [-0.3, -0.25) is 32.9 Å². The molecule has 2 aromatic heterocycles. The van der Waals surface area contributed by atoms with Crippen LogP contribution in [0.3, 0.4) is 0 Å². The molecule has 0 aliphatic carbocycles. The fourth-order valence-corrected chi connectivity index (χ4v) is 7.90. The summed E-state index contributed by atoms with van der Waals surface area (Å²) in [5, 5.41) is 25.5. The Labute approximate surface area is 315 Å². The van der Waals surface area contributed by atoms with Crippen molar-refractivity contribution in [3.05, 3.63) is 12.7 Å². The van der Waals surface area contributed by atoms with Crippen molar-refractivity contribution in [1.29, 1.82) is 0 Å². The van der Waals surface area contributed by atoms with Crippen LogP contribution >= 0.6 is 35.2 Å². The SMILES string of the molecule is COC(=O)CC(=O)SCCNC(=O)CCNC(=O)C(O)C(C)(C)COP(=O)([O-])OP(=O)([O-])OC[C@H]1O[C@@H](n2cnc3c(N)ncnc32)[C@H](O)[C@@H]1OP(=O)([O-])[O-]. The third-order valence-electron chi connectivity index (χ3n) is 7.26. The van der Waals surface area contributed by atoms with Crippen molar-refractivity contribution >= 4 is 75.1 Å². The van der Waals surface area contributed by atoms with Crippen LogP contribution in [0.4, 0.5) is 5.82 Å². The lowest BCUT2D eigenvalue weighted by Crippen LogP contribution is -2.46. The Morgan fingerprint density at radius 2 is 1.75 bits per heavy atom. The first-order valence-electron chi connectivity index (χ1n) is 15.5. The van der Waals surface area contributed by atoms with Gasteiger partial charge in [-0.1, -0.05) is 25.6 Å². The van der Waals surface area contributed by atoms with Crippen LogP contribution in [-0.4, -0.2) is 116 Å². The minimum Gasteiger partial charge on any atom is -0.790 e. The highest BCUT2D eigenvalue weighted by atomic mass is 32.2. The molecule has 0 radical (unpaired) electrons. The van der Waals surface area contributed by atoms with E-state index in [0.717, 1.165) is 36.1 Å². The predicted octanol–water partition coefficient (Wildman–Crippen LogP) is -4.30. The molecule has 26 nitrogen and oxygen atoms in total. The number of carbonyl (C=O) groups is 4. The van der Waals surface area contributed by atoms with E-state index < -0.39 is 102 Å². The maximum atomic E-state index is 12.5. The summed E-state index contributed by atoms with van der Waals surface area (Å²) in [5.41, 5.74) is 4.01. The fourth-order valence-electron chi connectivity index (χ4n) is 4.51. The van der Waals surface area contributed by atoms with Crippen molar-refractivity contribution in [2.75, 3.05) is 44.9 Å². The first-order valence-corrected chi connectivity index (χ1v) is 20.9. The quantitative estimate of drug-likeness (QED) is 0.0343. The molecule has 1 aliphatic rings. The van der Waals surface area contributed by atoms with Crippen LogP contribution in [0.2, 0.25) is 0 Å². The summed E-state index contributed by atoms with van der Waals surface area (Å²) in [4.78, 5) is 106. The van der Waals surface area contributed by atoms with E-state index in [4.69, 9.17) is 10.5 Å². The van der Waals surface area contributed by atoms with Crippen LogP contribution in [0.1, 0.15) is 32.9 Å². The normalized spacial score (nSPS) is 21.7. The second-order valence-corrected chi connectivity index (χ2v) is 17.2. The van der Waals surface area contributed by atoms with Crippen LogP contribution in [0.15, 0.2) is 12.7 Å². The number of thioether (sulfide) groups is 1. The van der Waals surface area contributed by atoms with Crippen LogP contribution in [-0.2, 0) is 60.2 Å². The number of aliphatic hydroxyl groups excluding tert-OH is 2. The Balaban J connectivity index is 1.49. The summed E-state index contributed by atoms with van der Waals surface area (Å²) in [6.07, 6.45) is -8.17. The first kappa shape index (κ1) is 46.4. The Morgan fingerprint density at radius 1 is 1.07 bits per heavy atom. The number of hydrogen-bond acceptors (Lipinski definition) is 24. The number of nitrogens with zero attached hydrogens (tertiary/aromatic N) is 4. The second-order valence-electron chi connectivity index (χ2n) is 12.0. The zero-order valence-electron chi connectivity index (χ0n) is 28.9. The van der Waals surface area contributed by atoms with Gasteiger partial charge in [-0.2, -0.15) is 0 Å². The van der Waals surface area contributed by atoms with E-state index in [1.807, 2.05) is 0 Å². The summed E-state index contributed by atoms with van der Waals surface area (Å²) >= 11 is 0.801. The van der Waals surface area contributed by atoms with E-state index in [0.29, 0.717) is 0 Å². The minimum absolute atomic E-state index is 0.0303. The smallest absolute Gasteiger partial charge is 0.313 e. The summed E-state index contributed by atoms with van der Waals surface area (Å²) in [7, 11) is -16.5. The fraction of sp³-hybridized carbons (Fsp3) is 0.640. The summed E-state index contributed by atoms with van der Waals surface area (Å²) in [6, 6.07) is 0. The number of amides is 2. The molecule has 0 aromatic carbocycles. The van der Waals surface area contributed by atoms with Gasteiger partial charge in [-0.05, 0) is 0 Å². The highest BCUT2D eigenvalue weighted by Crippen LogP contribution is 2.56. The number of aromatic nitrogens is 4. The molecule has 3 unspecified atom stereocenters. The van der Waals surface area contributed by atoms with E-state index in [2.05, 4.69) is 48.2 Å². The number of fused-ring (bicyclic) bond motifs is 1. The van der Waals surface area contributed by atoms with E-state index >= 15 is 0 Å². The molecule has 3 heterocycles. The van der Waals surface area contributed by atoms with Gasteiger partial charge in [0.05, 0.1) is 34.5 Å². The number of nitrogens with one attached hydrogen (secondary N) is 2. The number of imidazole rings is 1. The molecule has 0 spiro atoms. The van der Waals surface area contributed by atoms with E-state index in [-0.39, 0.29) is 42.2 Å². The van der Waals surface area contributed by atoms with Gasteiger partial charge in [-0.25, -0.2) is 19.3 Å². The number of nitrogens with two attached hydrogens (primary N) is 1.